The molecule has 0 fully saturated rings. The van der Waals surface area contributed by atoms with E-state index in [2.05, 4.69) is 5.32 Å². The van der Waals surface area contributed by atoms with Crippen LogP contribution in [0.3, 0.4) is 0 Å². The number of aliphatic hydroxyl groups is 1. The van der Waals surface area contributed by atoms with Crippen LogP contribution in [0.15, 0.2) is 30.3 Å². The number of amides is 1. The number of carbonyl (C=O) groups is 1. The fourth-order valence-electron chi connectivity index (χ4n) is 1.72. The third-order valence-corrected chi connectivity index (χ3v) is 2.50. The topological polar surface area (TPSA) is 49.3 Å². The minimum Gasteiger partial charge on any atom is -0.394 e. The van der Waals surface area contributed by atoms with Gasteiger partial charge in [-0.25, -0.2) is 0 Å². The van der Waals surface area contributed by atoms with Gasteiger partial charge in [-0.1, -0.05) is 44.2 Å². The van der Waals surface area contributed by atoms with Crippen LogP contribution in [0.1, 0.15) is 25.8 Å². The summed E-state index contributed by atoms with van der Waals surface area (Å²) in [6.07, 6.45) is 1.17. The second-order valence-electron chi connectivity index (χ2n) is 4.73. The number of hydrogen-bond acceptors (Lipinski definition) is 2. The van der Waals surface area contributed by atoms with E-state index in [-0.39, 0.29) is 18.6 Å². The van der Waals surface area contributed by atoms with Crippen LogP contribution in [-0.2, 0) is 11.2 Å². The van der Waals surface area contributed by atoms with E-state index >= 15 is 0 Å². The Balaban J connectivity index is 2.46. The zero-order valence-electron chi connectivity index (χ0n) is 10.5. The van der Waals surface area contributed by atoms with E-state index in [0.29, 0.717) is 18.8 Å². The van der Waals surface area contributed by atoms with Gasteiger partial charge in [0.1, 0.15) is 0 Å². The van der Waals surface area contributed by atoms with E-state index < -0.39 is 0 Å². The highest BCUT2D eigenvalue weighted by Crippen LogP contribution is 2.04. The predicted octanol–water partition coefficient (Wildman–Crippen LogP) is 1.75. The van der Waals surface area contributed by atoms with Crippen LogP contribution < -0.4 is 5.32 Å². The van der Waals surface area contributed by atoms with Crippen molar-refractivity contribution in [1.29, 1.82) is 0 Å². The quantitative estimate of drug-likeness (QED) is 0.789. The van der Waals surface area contributed by atoms with Crippen LogP contribution in [0, 0.1) is 5.92 Å². The van der Waals surface area contributed by atoms with Crippen LogP contribution in [0.25, 0.3) is 0 Å². The summed E-state index contributed by atoms with van der Waals surface area (Å²) >= 11 is 0. The molecule has 0 aromatic heterocycles. The van der Waals surface area contributed by atoms with E-state index in [9.17, 15) is 9.90 Å². The lowest BCUT2D eigenvalue weighted by molar-refractivity contribution is -0.122. The highest BCUT2D eigenvalue weighted by atomic mass is 16.3. The Labute approximate surface area is 103 Å². The first-order chi connectivity index (χ1) is 8.11. The Morgan fingerprint density at radius 1 is 1.29 bits per heavy atom. The summed E-state index contributed by atoms with van der Waals surface area (Å²) in [5.41, 5.74) is 1.12. The summed E-state index contributed by atoms with van der Waals surface area (Å²) in [7, 11) is 0. The molecule has 1 amide bonds. The highest BCUT2D eigenvalue weighted by Gasteiger charge is 2.12. The van der Waals surface area contributed by atoms with Crippen LogP contribution in [0.5, 0.6) is 0 Å². The number of nitrogens with one attached hydrogen (secondary N) is 1. The monoisotopic (exact) mass is 235 g/mol. The fraction of sp³-hybridized carbons (Fsp3) is 0.500. The van der Waals surface area contributed by atoms with Crippen molar-refractivity contribution in [3.8, 4) is 0 Å². The first-order valence-corrected chi connectivity index (χ1v) is 6.06. The summed E-state index contributed by atoms with van der Waals surface area (Å²) < 4.78 is 0. The van der Waals surface area contributed by atoms with Gasteiger partial charge in [-0.3, -0.25) is 4.79 Å². The number of benzene rings is 1. The van der Waals surface area contributed by atoms with Crippen LogP contribution >= 0.6 is 0 Å². The molecule has 0 radical (unpaired) electrons. The van der Waals surface area contributed by atoms with Gasteiger partial charge < -0.3 is 10.4 Å². The van der Waals surface area contributed by atoms with E-state index in [1.807, 2.05) is 44.2 Å². The van der Waals surface area contributed by atoms with Crippen molar-refractivity contribution in [1.82, 2.24) is 5.32 Å². The molecule has 17 heavy (non-hydrogen) atoms. The number of hydrogen-bond donors (Lipinski definition) is 2. The zero-order valence-corrected chi connectivity index (χ0v) is 10.5. The maximum Gasteiger partial charge on any atom is 0.220 e. The van der Waals surface area contributed by atoms with Gasteiger partial charge in [-0.2, -0.15) is 0 Å². The summed E-state index contributed by atoms with van der Waals surface area (Å²) in [5, 5.41) is 12.1. The molecule has 0 spiro atoms. The van der Waals surface area contributed by atoms with Crippen molar-refractivity contribution in [2.75, 3.05) is 6.61 Å². The first kappa shape index (κ1) is 13.7. The Bertz CT molecular complexity index is 335. The molecule has 3 nitrogen and oxygen atoms in total. The normalized spacial score (nSPS) is 12.5. The lowest BCUT2D eigenvalue weighted by atomic mass is 10.1. The molecule has 1 atom stereocenters. The second kappa shape index (κ2) is 7.07. The minimum absolute atomic E-state index is 0.00924. The zero-order chi connectivity index (χ0) is 12.7. The van der Waals surface area contributed by atoms with E-state index in [0.717, 1.165) is 5.56 Å². The molecule has 0 saturated heterocycles. The molecule has 3 heteroatoms. The molecule has 0 heterocycles. The third kappa shape index (κ3) is 5.50. The van der Waals surface area contributed by atoms with Crippen LogP contribution in [0.4, 0.5) is 0 Å². The molecule has 0 saturated carbocycles. The molecular formula is C14H21NO2. The van der Waals surface area contributed by atoms with Gasteiger partial charge in [0.15, 0.2) is 0 Å². The molecule has 0 aliphatic carbocycles. The average Bonchev–Trinajstić information content (AvgIpc) is 2.28. The Morgan fingerprint density at radius 3 is 2.47 bits per heavy atom. The molecule has 0 bridgehead atoms. The van der Waals surface area contributed by atoms with Gasteiger partial charge in [0, 0.05) is 6.42 Å². The van der Waals surface area contributed by atoms with Crippen molar-refractivity contribution in [2.24, 2.45) is 5.92 Å². The SMILES string of the molecule is CC(C)CC(=O)N[C@@H](CO)Cc1ccccc1. The van der Waals surface area contributed by atoms with Crippen molar-refractivity contribution >= 4 is 5.91 Å². The summed E-state index contributed by atoms with van der Waals surface area (Å²) in [4.78, 5) is 11.6. The van der Waals surface area contributed by atoms with Gasteiger partial charge in [0.05, 0.1) is 12.6 Å². The molecule has 0 aliphatic rings. The Kier molecular flexibility index (Phi) is 5.70. The largest absolute Gasteiger partial charge is 0.394 e. The molecule has 2 N–H and O–H groups in total. The van der Waals surface area contributed by atoms with E-state index in [1.165, 1.54) is 0 Å². The maximum absolute atomic E-state index is 11.6. The first-order valence-electron chi connectivity index (χ1n) is 6.06. The van der Waals surface area contributed by atoms with E-state index in [1.54, 1.807) is 0 Å². The van der Waals surface area contributed by atoms with Crippen molar-refractivity contribution < 1.29 is 9.90 Å². The lowest BCUT2D eigenvalue weighted by Gasteiger charge is -2.17. The van der Waals surface area contributed by atoms with Crippen molar-refractivity contribution in [2.45, 2.75) is 32.7 Å². The lowest BCUT2D eigenvalue weighted by Crippen LogP contribution is -2.39. The number of rotatable bonds is 6. The van der Waals surface area contributed by atoms with Crippen molar-refractivity contribution in [3.63, 3.8) is 0 Å². The maximum atomic E-state index is 11.6. The molecule has 94 valence electrons. The van der Waals surface area contributed by atoms with Gasteiger partial charge in [-0.05, 0) is 17.9 Å². The number of carbonyl (C=O) groups excluding carboxylic acids is 1. The number of aliphatic hydroxyl groups excluding tert-OH is 1. The van der Waals surface area contributed by atoms with Gasteiger partial charge in [0.2, 0.25) is 5.91 Å². The molecule has 0 aliphatic heterocycles. The molecule has 1 aromatic rings. The Hall–Kier alpha value is -1.35. The predicted molar refractivity (Wildman–Crippen MR) is 68.6 cm³/mol. The van der Waals surface area contributed by atoms with Crippen molar-refractivity contribution in [3.05, 3.63) is 35.9 Å². The Morgan fingerprint density at radius 2 is 1.94 bits per heavy atom. The molecule has 1 rings (SSSR count). The summed E-state index contributed by atoms with van der Waals surface area (Å²) in [6.45, 7) is 3.98. The van der Waals surface area contributed by atoms with E-state index in [4.69, 9.17) is 0 Å². The van der Waals surface area contributed by atoms with Crippen LogP contribution in [-0.4, -0.2) is 23.7 Å². The summed E-state index contributed by atoms with van der Waals surface area (Å²) in [5.74, 6) is 0.348. The molecule has 0 unspecified atom stereocenters. The molecule has 1 aromatic carbocycles. The van der Waals surface area contributed by atoms with Crippen LogP contribution in [0.2, 0.25) is 0 Å². The van der Waals surface area contributed by atoms with Gasteiger partial charge >= 0.3 is 0 Å². The minimum atomic E-state index is -0.191. The summed E-state index contributed by atoms with van der Waals surface area (Å²) in [6, 6.07) is 9.67. The van der Waals surface area contributed by atoms with Gasteiger partial charge in [0.25, 0.3) is 0 Å². The standard InChI is InChI=1S/C14H21NO2/c1-11(2)8-14(17)15-13(10-16)9-12-6-4-3-5-7-12/h3-7,11,13,16H,8-10H2,1-2H3,(H,15,17)/t13-/m1/s1. The molecular weight excluding hydrogens is 214 g/mol. The van der Waals surface area contributed by atoms with Gasteiger partial charge in [-0.15, -0.1) is 0 Å². The third-order valence-electron chi connectivity index (χ3n) is 2.50. The average molecular weight is 235 g/mol. The second-order valence-corrected chi connectivity index (χ2v) is 4.73. The fourth-order valence-corrected chi connectivity index (χ4v) is 1.72. The smallest absolute Gasteiger partial charge is 0.220 e. The highest BCUT2D eigenvalue weighted by molar-refractivity contribution is 5.76.